The highest BCUT2D eigenvalue weighted by Crippen LogP contribution is 2.42. The number of anilines is 2. The molecule has 9 heteroatoms. The van der Waals surface area contributed by atoms with Crippen LogP contribution in [-0.4, -0.2) is 42.3 Å². The Bertz CT molecular complexity index is 1200. The third kappa shape index (κ3) is 5.05. The van der Waals surface area contributed by atoms with Gasteiger partial charge in [0.15, 0.2) is 5.54 Å². The number of carboxylic acid groups (broad SMARTS) is 1. The molecule has 0 radical (unpaired) electrons. The van der Waals surface area contributed by atoms with Gasteiger partial charge in [-0.25, -0.2) is 4.79 Å². The number of hydrogen-bond donors (Lipinski definition) is 6. The number of ether oxygens (including phenoxy) is 2. The third-order valence-corrected chi connectivity index (χ3v) is 5.40. The topological polar surface area (TPSA) is 164 Å². The van der Waals surface area contributed by atoms with Gasteiger partial charge >= 0.3 is 5.97 Å². The van der Waals surface area contributed by atoms with Crippen LogP contribution in [0, 0.1) is 5.41 Å². The van der Waals surface area contributed by atoms with Crippen LogP contribution in [0.1, 0.15) is 18.1 Å². The van der Waals surface area contributed by atoms with Crippen molar-refractivity contribution in [2.45, 2.75) is 12.5 Å². The van der Waals surface area contributed by atoms with Gasteiger partial charge in [-0.15, -0.1) is 0 Å². The lowest BCUT2D eigenvalue weighted by Crippen LogP contribution is -2.41. The standard InChI is InChI=1S/C25H28N4O5/c1-25(24(31)32,29-18-8-6-15(7-9-18)23(27)28)20-14-21(33-2)19(13-22(20)34-11-10-30)16-4-3-5-17(26)12-16/h3-9,12-14,29-30H,10-11,26H2,1-2H3,(H3,27,28)(H,31,32). The molecule has 0 amide bonds. The van der Waals surface area contributed by atoms with Gasteiger partial charge < -0.3 is 36.5 Å². The van der Waals surface area contributed by atoms with E-state index in [4.69, 9.17) is 26.4 Å². The molecule has 0 spiro atoms. The van der Waals surface area contributed by atoms with Gasteiger partial charge in [-0.1, -0.05) is 12.1 Å². The zero-order chi connectivity index (χ0) is 24.9. The Labute approximate surface area is 197 Å². The lowest BCUT2D eigenvalue weighted by molar-refractivity contribution is -0.142. The summed E-state index contributed by atoms with van der Waals surface area (Å²) in [4.78, 5) is 12.5. The van der Waals surface area contributed by atoms with Gasteiger partial charge in [0.05, 0.1) is 13.7 Å². The minimum absolute atomic E-state index is 0.0291. The Morgan fingerprint density at radius 2 is 1.82 bits per heavy atom. The van der Waals surface area contributed by atoms with Crippen LogP contribution in [-0.2, 0) is 10.3 Å². The predicted molar refractivity (Wildman–Crippen MR) is 131 cm³/mol. The molecular weight excluding hydrogens is 436 g/mol. The van der Waals surface area contributed by atoms with Gasteiger partial charge in [0.25, 0.3) is 0 Å². The molecule has 0 heterocycles. The lowest BCUT2D eigenvalue weighted by atomic mass is 9.88. The van der Waals surface area contributed by atoms with Crippen molar-refractivity contribution in [2.75, 3.05) is 31.4 Å². The summed E-state index contributed by atoms with van der Waals surface area (Å²) in [5, 5.41) is 30.2. The second-order valence-electron chi connectivity index (χ2n) is 7.79. The number of carbonyl (C=O) groups is 1. The Kier molecular flexibility index (Phi) is 7.28. The number of aliphatic hydroxyl groups is 1. The molecule has 0 aliphatic heterocycles. The van der Waals surface area contributed by atoms with E-state index in [1.165, 1.54) is 14.0 Å². The Hall–Kier alpha value is -4.24. The average molecular weight is 465 g/mol. The number of carboxylic acids is 1. The van der Waals surface area contributed by atoms with Crippen molar-refractivity contribution in [2.24, 2.45) is 5.73 Å². The molecule has 0 aliphatic carbocycles. The molecule has 34 heavy (non-hydrogen) atoms. The molecule has 3 aromatic rings. The molecule has 0 fully saturated rings. The molecular formula is C25H28N4O5. The van der Waals surface area contributed by atoms with E-state index in [0.29, 0.717) is 33.8 Å². The van der Waals surface area contributed by atoms with Crippen LogP contribution >= 0.6 is 0 Å². The van der Waals surface area contributed by atoms with Gasteiger partial charge in [-0.05, 0) is 61.0 Å². The molecule has 8 N–H and O–H groups in total. The molecule has 1 unspecified atom stereocenters. The van der Waals surface area contributed by atoms with Crippen LogP contribution < -0.4 is 26.3 Å². The molecule has 0 saturated carbocycles. The fourth-order valence-corrected chi connectivity index (χ4v) is 3.58. The first kappa shape index (κ1) is 24.4. The zero-order valence-electron chi connectivity index (χ0n) is 19.0. The molecule has 3 rings (SSSR count). The summed E-state index contributed by atoms with van der Waals surface area (Å²) in [5.41, 5.74) is 13.1. The van der Waals surface area contributed by atoms with Crippen LogP contribution in [0.4, 0.5) is 11.4 Å². The summed E-state index contributed by atoms with van der Waals surface area (Å²) in [6, 6.07) is 17.0. The van der Waals surface area contributed by atoms with Gasteiger partial charge in [-0.2, -0.15) is 0 Å². The number of benzene rings is 3. The third-order valence-electron chi connectivity index (χ3n) is 5.40. The van der Waals surface area contributed by atoms with Crippen LogP contribution in [0.2, 0.25) is 0 Å². The van der Waals surface area contributed by atoms with Crippen molar-refractivity contribution in [3.63, 3.8) is 0 Å². The number of rotatable bonds is 10. The van der Waals surface area contributed by atoms with Crippen molar-refractivity contribution in [1.82, 2.24) is 0 Å². The number of methoxy groups -OCH3 is 1. The molecule has 0 aliphatic rings. The van der Waals surface area contributed by atoms with E-state index < -0.39 is 11.5 Å². The highest BCUT2D eigenvalue weighted by molar-refractivity contribution is 5.95. The lowest BCUT2D eigenvalue weighted by Gasteiger charge is -2.30. The van der Waals surface area contributed by atoms with Crippen LogP contribution in [0.25, 0.3) is 11.1 Å². The molecule has 0 bridgehead atoms. The normalized spacial score (nSPS) is 12.4. The van der Waals surface area contributed by atoms with Crippen molar-refractivity contribution in [1.29, 1.82) is 5.41 Å². The molecule has 0 saturated heterocycles. The summed E-state index contributed by atoms with van der Waals surface area (Å²) in [6.07, 6.45) is 0. The van der Waals surface area contributed by atoms with E-state index >= 15 is 0 Å². The van der Waals surface area contributed by atoms with Gasteiger partial charge in [-0.3, -0.25) is 5.41 Å². The SMILES string of the molecule is COc1cc(C(C)(Nc2ccc(C(=N)N)cc2)C(=O)O)c(OCCO)cc1-c1cccc(N)c1. The van der Waals surface area contributed by atoms with Crippen LogP contribution in [0.3, 0.4) is 0 Å². The Morgan fingerprint density at radius 1 is 1.12 bits per heavy atom. The number of aliphatic hydroxyl groups excluding tert-OH is 1. The van der Waals surface area contributed by atoms with E-state index in [2.05, 4.69) is 5.32 Å². The largest absolute Gasteiger partial charge is 0.496 e. The smallest absolute Gasteiger partial charge is 0.333 e. The summed E-state index contributed by atoms with van der Waals surface area (Å²) < 4.78 is 11.4. The van der Waals surface area contributed by atoms with Crippen molar-refractivity contribution < 1.29 is 24.5 Å². The van der Waals surface area contributed by atoms with Crippen LogP contribution in [0.5, 0.6) is 11.5 Å². The molecule has 9 nitrogen and oxygen atoms in total. The molecule has 3 aromatic carbocycles. The summed E-state index contributed by atoms with van der Waals surface area (Å²) in [5.74, 6) is -0.548. The maximum absolute atomic E-state index is 12.5. The van der Waals surface area contributed by atoms with Gasteiger partial charge in [0, 0.05) is 28.1 Å². The van der Waals surface area contributed by atoms with Gasteiger partial charge in [0.2, 0.25) is 0 Å². The first-order valence-electron chi connectivity index (χ1n) is 10.5. The average Bonchev–Trinajstić information content (AvgIpc) is 2.82. The fourth-order valence-electron chi connectivity index (χ4n) is 3.58. The quantitative estimate of drug-likeness (QED) is 0.151. The maximum Gasteiger partial charge on any atom is 0.333 e. The fraction of sp³-hybridized carbons (Fsp3) is 0.200. The number of nitrogen functional groups attached to an aromatic ring is 2. The maximum atomic E-state index is 12.5. The minimum atomic E-state index is -1.63. The van der Waals surface area contributed by atoms with Crippen molar-refractivity contribution >= 4 is 23.2 Å². The Morgan fingerprint density at radius 3 is 2.38 bits per heavy atom. The molecule has 178 valence electrons. The second-order valence-corrected chi connectivity index (χ2v) is 7.79. The van der Waals surface area contributed by atoms with E-state index in [9.17, 15) is 15.0 Å². The number of nitrogens with two attached hydrogens (primary N) is 2. The number of hydrogen-bond acceptors (Lipinski definition) is 7. The summed E-state index contributed by atoms with van der Waals surface area (Å²) >= 11 is 0. The molecule has 1 atom stereocenters. The van der Waals surface area contributed by atoms with Crippen molar-refractivity contribution in [3.05, 3.63) is 71.8 Å². The number of aliphatic carboxylic acids is 1. The number of nitrogens with one attached hydrogen (secondary N) is 2. The Balaban J connectivity index is 2.16. The van der Waals surface area contributed by atoms with E-state index in [-0.39, 0.29) is 24.8 Å². The highest BCUT2D eigenvalue weighted by atomic mass is 16.5. The van der Waals surface area contributed by atoms with E-state index in [1.54, 1.807) is 54.6 Å². The van der Waals surface area contributed by atoms with E-state index in [0.717, 1.165) is 5.56 Å². The first-order valence-corrected chi connectivity index (χ1v) is 10.5. The van der Waals surface area contributed by atoms with Crippen molar-refractivity contribution in [3.8, 4) is 22.6 Å². The van der Waals surface area contributed by atoms with Crippen LogP contribution in [0.15, 0.2) is 60.7 Å². The van der Waals surface area contributed by atoms with Gasteiger partial charge in [0.1, 0.15) is 23.9 Å². The predicted octanol–water partition coefficient (Wildman–Crippen LogP) is 3.01. The summed E-state index contributed by atoms with van der Waals surface area (Å²) in [6.45, 7) is 1.23. The first-order chi connectivity index (χ1) is 16.2. The highest BCUT2D eigenvalue weighted by Gasteiger charge is 2.39. The zero-order valence-corrected chi connectivity index (χ0v) is 19.0. The van der Waals surface area contributed by atoms with E-state index in [1.807, 2.05) is 6.07 Å². The number of amidine groups is 1. The summed E-state index contributed by atoms with van der Waals surface area (Å²) in [7, 11) is 1.50. The minimum Gasteiger partial charge on any atom is -0.496 e. The monoisotopic (exact) mass is 464 g/mol. The second kappa shape index (κ2) is 10.1. The molecule has 0 aromatic heterocycles.